The van der Waals surface area contributed by atoms with Crippen molar-refractivity contribution in [2.75, 3.05) is 38.3 Å². The summed E-state index contributed by atoms with van der Waals surface area (Å²) in [5.41, 5.74) is 2.36. The maximum atomic E-state index is 13.6. The molecule has 0 radical (unpaired) electrons. The van der Waals surface area contributed by atoms with Crippen molar-refractivity contribution in [3.63, 3.8) is 0 Å². The Bertz CT molecular complexity index is 1270. The van der Waals surface area contributed by atoms with E-state index in [-0.39, 0.29) is 24.6 Å². The highest BCUT2D eigenvalue weighted by atomic mass is 16.7. The lowest BCUT2D eigenvalue weighted by atomic mass is 9.82. The molecule has 4 aliphatic rings. The van der Waals surface area contributed by atoms with Crippen LogP contribution in [0.2, 0.25) is 0 Å². The van der Waals surface area contributed by atoms with Gasteiger partial charge in [-0.1, -0.05) is 48.5 Å². The number of carbonyl (C=O) groups is 2. The van der Waals surface area contributed by atoms with E-state index in [0.717, 1.165) is 37.2 Å². The first-order valence-electron chi connectivity index (χ1n) is 12.9. The SMILES string of the molecule is O=C(C[N+]12CCC(CC1)C(OC(=O)C(Nc1ccccc1)c1ccccc1)C2)c1ccc2c(c1)OCO2. The normalized spacial score (nSPS) is 24.3. The zero-order chi connectivity index (χ0) is 25.2. The smallest absolute Gasteiger partial charge is 0.333 e. The van der Waals surface area contributed by atoms with Gasteiger partial charge in [-0.25, -0.2) is 4.79 Å². The molecule has 2 bridgehead atoms. The standard InChI is InChI=1S/C30H31N2O5/c33-25(23-11-12-26-27(17-23)36-20-35-26)18-32-15-13-21(14-16-32)28(19-32)37-30(34)29(22-7-3-1-4-8-22)31-24-9-5-2-6-10-24/h1-12,17,21,28-29,31H,13-16,18-20H2/q+1. The Morgan fingerprint density at radius 3 is 2.38 bits per heavy atom. The third-order valence-corrected chi connectivity index (χ3v) is 7.94. The second-order valence-electron chi connectivity index (χ2n) is 10.3. The molecule has 7 heteroatoms. The van der Waals surface area contributed by atoms with E-state index in [4.69, 9.17) is 14.2 Å². The summed E-state index contributed by atoms with van der Waals surface area (Å²) in [4.78, 5) is 26.9. The Morgan fingerprint density at radius 2 is 1.62 bits per heavy atom. The molecule has 1 N–H and O–H groups in total. The van der Waals surface area contributed by atoms with Crippen LogP contribution in [0.15, 0.2) is 78.9 Å². The van der Waals surface area contributed by atoms with Crippen LogP contribution in [0, 0.1) is 5.92 Å². The van der Waals surface area contributed by atoms with Gasteiger partial charge in [0.05, 0.1) is 13.1 Å². The van der Waals surface area contributed by atoms with Crippen molar-refractivity contribution in [1.29, 1.82) is 0 Å². The maximum Gasteiger partial charge on any atom is 0.333 e. The van der Waals surface area contributed by atoms with Gasteiger partial charge in [-0.2, -0.15) is 0 Å². The molecule has 7 nitrogen and oxygen atoms in total. The minimum atomic E-state index is -0.609. The number of para-hydroxylation sites is 1. The van der Waals surface area contributed by atoms with Gasteiger partial charge in [-0.15, -0.1) is 0 Å². The van der Waals surface area contributed by atoms with Crippen LogP contribution in [0.1, 0.15) is 34.8 Å². The molecule has 0 spiro atoms. The second kappa shape index (κ2) is 9.90. The van der Waals surface area contributed by atoms with E-state index in [1.807, 2.05) is 66.7 Å². The largest absolute Gasteiger partial charge is 0.454 e. The molecular weight excluding hydrogens is 468 g/mol. The zero-order valence-corrected chi connectivity index (χ0v) is 20.7. The third kappa shape index (κ3) is 4.91. The first-order chi connectivity index (χ1) is 18.1. The molecule has 0 aromatic heterocycles. The predicted molar refractivity (Wildman–Crippen MR) is 138 cm³/mol. The van der Waals surface area contributed by atoms with Crippen LogP contribution in [0.25, 0.3) is 0 Å². The summed E-state index contributed by atoms with van der Waals surface area (Å²) in [6.07, 6.45) is 1.70. The van der Waals surface area contributed by atoms with Gasteiger partial charge < -0.3 is 24.0 Å². The first kappa shape index (κ1) is 23.6. The summed E-state index contributed by atoms with van der Waals surface area (Å²) in [5.74, 6) is 1.42. The molecule has 3 aromatic rings. The van der Waals surface area contributed by atoms with E-state index in [0.29, 0.717) is 40.6 Å². The molecule has 0 aliphatic carbocycles. The lowest BCUT2D eigenvalue weighted by molar-refractivity contribution is -0.938. The monoisotopic (exact) mass is 499 g/mol. The molecule has 3 aromatic carbocycles. The topological polar surface area (TPSA) is 73.9 Å². The molecule has 4 heterocycles. The van der Waals surface area contributed by atoms with Crippen molar-refractivity contribution in [3.05, 3.63) is 90.0 Å². The van der Waals surface area contributed by atoms with Crippen LogP contribution >= 0.6 is 0 Å². The van der Waals surface area contributed by atoms with Crippen molar-refractivity contribution < 1.29 is 28.3 Å². The number of carbonyl (C=O) groups excluding carboxylic acids is 2. The summed E-state index contributed by atoms with van der Waals surface area (Å²) in [6, 6.07) is 24.2. The number of hydrogen-bond donors (Lipinski definition) is 1. The molecule has 2 atom stereocenters. The number of anilines is 1. The van der Waals surface area contributed by atoms with E-state index in [1.54, 1.807) is 12.1 Å². The number of piperidine rings is 3. The van der Waals surface area contributed by atoms with E-state index in [2.05, 4.69) is 5.32 Å². The first-order valence-corrected chi connectivity index (χ1v) is 12.9. The average Bonchev–Trinajstić information content (AvgIpc) is 3.41. The van der Waals surface area contributed by atoms with Gasteiger partial charge in [0.25, 0.3) is 0 Å². The lowest BCUT2D eigenvalue weighted by Gasteiger charge is -2.51. The molecule has 0 amide bonds. The highest BCUT2D eigenvalue weighted by Crippen LogP contribution is 2.38. The molecule has 190 valence electrons. The number of nitrogens with zero attached hydrogens (tertiary/aromatic N) is 1. The number of esters is 1. The number of ketones is 1. The Balaban J connectivity index is 1.17. The highest BCUT2D eigenvalue weighted by molar-refractivity contribution is 5.97. The number of quaternary nitrogens is 1. The van der Waals surface area contributed by atoms with Crippen molar-refractivity contribution in [2.24, 2.45) is 5.92 Å². The van der Waals surface area contributed by atoms with Crippen molar-refractivity contribution in [3.8, 4) is 11.5 Å². The van der Waals surface area contributed by atoms with Crippen LogP contribution in [0.5, 0.6) is 11.5 Å². The predicted octanol–water partition coefficient (Wildman–Crippen LogP) is 4.60. The lowest BCUT2D eigenvalue weighted by Crippen LogP contribution is -2.65. The third-order valence-electron chi connectivity index (χ3n) is 7.94. The van der Waals surface area contributed by atoms with Crippen LogP contribution in [0.4, 0.5) is 5.69 Å². The zero-order valence-electron chi connectivity index (χ0n) is 20.7. The van der Waals surface area contributed by atoms with Gasteiger partial charge in [0.15, 0.2) is 23.6 Å². The fourth-order valence-electron chi connectivity index (χ4n) is 5.88. The number of Topliss-reactive ketones (excluding diaryl/α,β-unsaturated/α-hetero) is 1. The molecule has 3 saturated heterocycles. The molecule has 0 saturated carbocycles. The molecule has 2 unspecified atom stereocenters. The van der Waals surface area contributed by atoms with Crippen LogP contribution in [-0.2, 0) is 9.53 Å². The van der Waals surface area contributed by atoms with Gasteiger partial charge in [0, 0.05) is 30.0 Å². The molecule has 4 aliphatic heterocycles. The maximum absolute atomic E-state index is 13.6. The summed E-state index contributed by atoms with van der Waals surface area (Å²) < 4.78 is 17.7. The van der Waals surface area contributed by atoms with E-state index >= 15 is 0 Å². The number of hydrogen-bond acceptors (Lipinski definition) is 6. The Morgan fingerprint density at radius 1 is 0.919 bits per heavy atom. The number of fused-ring (bicyclic) bond motifs is 4. The fraction of sp³-hybridized carbons (Fsp3) is 0.333. The summed E-state index contributed by atoms with van der Waals surface area (Å²) in [5, 5.41) is 3.36. The Kier molecular flexibility index (Phi) is 6.30. The van der Waals surface area contributed by atoms with Gasteiger partial charge in [-0.05, 0) is 35.9 Å². The number of ether oxygens (including phenoxy) is 3. The fourth-order valence-corrected chi connectivity index (χ4v) is 5.88. The van der Waals surface area contributed by atoms with Gasteiger partial charge in [-0.3, -0.25) is 4.79 Å². The van der Waals surface area contributed by atoms with E-state index < -0.39 is 6.04 Å². The summed E-state index contributed by atoms with van der Waals surface area (Å²) >= 11 is 0. The molecule has 7 rings (SSSR count). The van der Waals surface area contributed by atoms with Crippen molar-refractivity contribution in [2.45, 2.75) is 25.0 Å². The quantitative estimate of drug-likeness (QED) is 0.277. The second-order valence-corrected chi connectivity index (χ2v) is 10.3. The van der Waals surface area contributed by atoms with Crippen LogP contribution < -0.4 is 14.8 Å². The van der Waals surface area contributed by atoms with Gasteiger partial charge in [0.1, 0.15) is 13.1 Å². The van der Waals surface area contributed by atoms with Gasteiger partial charge >= 0.3 is 5.97 Å². The van der Waals surface area contributed by atoms with E-state index in [1.165, 1.54) is 0 Å². The minimum Gasteiger partial charge on any atom is -0.454 e. The average molecular weight is 500 g/mol. The van der Waals surface area contributed by atoms with Gasteiger partial charge in [0.2, 0.25) is 12.6 Å². The summed E-state index contributed by atoms with van der Waals surface area (Å²) in [6.45, 7) is 3.10. The van der Waals surface area contributed by atoms with Crippen molar-refractivity contribution in [1.82, 2.24) is 0 Å². The van der Waals surface area contributed by atoms with E-state index in [9.17, 15) is 9.59 Å². The highest BCUT2D eigenvalue weighted by Gasteiger charge is 2.49. The number of rotatable bonds is 8. The molecule has 3 fully saturated rings. The van der Waals surface area contributed by atoms with Crippen molar-refractivity contribution >= 4 is 17.4 Å². The van der Waals surface area contributed by atoms with Crippen LogP contribution in [-0.4, -0.2) is 55.3 Å². The number of benzene rings is 3. The molecular formula is C30H31N2O5+. The molecule has 37 heavy (non-hydrogen) atoms. The minimum absolute atomic E-state index is 0.0802. The Labute approximate surface area is 216 Å². The summed E-state index contributed by atoms with van der Waals surface area (Å²) in [7, 11) is 0. The van der Waals surface area contributed by atoms with Crippen LogP contribution in [0.3, 0.4) is 0 Å². The Hall–Kier alpha value is -3.84. The number of nitrogens with one attached hydrogen (secondary N) is 1.